The lowest BCUT2D eigenvalue weighted by Gasteiger charge is -2.10. The summed E-state index contributed by atoms with van der Waals surface area (Å²) < 4.78 is 5.24. The molecule has 2 aromatic rings. The molecule has 5 heteroatoms. The smallest absolute Gasteiger partial charge is 0.344 e. The molecule has 1 N–H and O–H groups in total. The van der Waals surface area contributed by atoms with Crippen LogP contribution in [0.3, 0.4) is 0 Å². The number of ketones is 1. The molecule has 0 radical (unpaired) electrons. The summed E-state index contributed by atoms with van der Waals surface area (Å²) in [6, 6.07) is 10.1. The lowest BCUT2D eigenvalue weighted by Crippen LogP contribution is -2.22. The largest absolute Gasteiger partial charge is 0.479 e. The molecule has 112 valence electrons. The van der Waals surface area contributed by atoms with E-state index < -0.39 is 12.1 Å². The summed E-state index contributed by atoms with van der Waals surface area (Å²) in [5.41, 5.74) is 1.25. The van der Waals surface area contributed by atoms with Crippen molar-refractivity contribution in [1.29, 1.82) is 0 Å². The monoisotopic (exact) mass is 297 g/mol. The summed E-state index contributed by atoms with van der Waals surface area (Å²) in [5.74, 6) is -0.916. The number of rotatable bonds is 6. The average Bonchev–Trinajstić information content (AvgIpc) is 2.53. The zero-order chi connectivity index (χ0) is 15.9. The number of benzene rings is 1. The number of hydrogen-bond donors (Lipinski definition) is 1. The van der Waals surface area contributed by atoms with Crippen molar-refractivity contribution in [2.75, 3.05) is 0 Å². The Morgan fingerprint density at radius 2 is 2.09 bits per heavy atom. The van der Waals surface area contributed by atoms with Gasteiger partial charge in [-0.1, -0.05) is 18.2 Å². The maximum atomic E-state index is 12.1. The predicted molar refractivity (Wildman–Crippen MR) is 81.8 cm³/mol. The van der Waals surface area contributed by atoms with E-state index in [1.807, 2.05) is 6.07 Å². The van der Waals surface area contributed by atoms with Crippen LogP contribution in [0.5, 0.6) is 5.75 Å². The normalized spacial score (nSPS) is 12.0. The molecule has 0 aliphatic heterocycles. The highest BCUT2D eigenvalue weighted by atomic mass is 16.5. The average molecular weight is 297 g/mol. The molecule has 0 aliphatic carbocycles. The Labute approximate surface area is 127 Å². The Bertz CT molecular complexity index is 695. The van der Waals surface area contributed by atoms with Gasteiger partial charge in [-0.2, -0.15) is 0 Å². The van der Waals surface area contributed by atoms with Crippen LogP contribution in [0.15, 0.2) is 54.9 Å². The van der Waals surface area contributed by atoms with Crippen LogP contribution in [0, 0.1) is 0 Å². The van der Waals surface area contributed by atoms with E-state index in [0.717, 1.165) is 5.56 Å². The molecule has 0 bridgehead atoms. The van der Waals surface area contributed by atoms with Crippen LogP contribution in [0.25, 0.3) is 6.08 Å². The zero-order valence-electron chi connectivity index (χ0n) is 12.0. The Morgan fingerprint density at radius 3 is 2.77 bits per heavy atom. The Morgan fingerprint density at radius 1 is 1.27 bits per heavy atom. The zero-order valence-corrected chi connectivity index (χ0v) is 12.0. The van der Waals surface area contributed by atoms with Gasteiger partial charge < -0.3 is 9.84 Å². The van der Waals surface area contributed by atoms with Gasteiger partial charge in [-0.25, -0.2) is 4.79 Å². The van der Waals surface area contributed by atoms with Crippen molar-refractivity contribution in [2.45, 2.75) is 13.0 Å². The van der Waals surface area contributed by atoms with Gasteiger partial charge in [0.1, 0.15) is 5.75 Å². The van der Waals surface area contributed by atoms with Gasteiger partial charge in [0.2, 0.25) is 0 Å². The van der Waals surface area contributed by atoms with E-state index in [4.69, 9.17) is 9.84 Å². The second kappa shape index (κ2) is 7.17. The number of hydrogen-bond acceptors (Lipinski definition) is 4. The first kappa shape index (κ1) is 15.4. The van der Waals surface area contributed by atoms with Crippen molar-refractivity contribution < 1.29 is 19.4 Å². The second-order valence-electron chi connectivity index (χ2n) is 4.61. The number of ether oxygens (including phenoxy) is 1. The fourth-order valence-electron chi connectivity index (χ4n) is 1.72. The first-order valence-electron chi connectivity index (χ1n) is 6.68. The highest BCUT2D eigenvalue weighted by molar-refractivity contribution is 6.07. The van der Waals surface area contributed by atoms with Crippen LogP contribution < -0.4 is 4.74 Å². The maximum Gasteiger partial charge on any atom is 0.344 e. The minimum Gasteiger partial charge on any atom is -0.479 e. The van der Waals surface area contributed by atoms with E-state index in [-0.39, 0.29) is 5.78 Å². The molecule has 1 heterocycles. The Hall–Kier alpha value is -2.95. The lowest BCUT2D eigenvalue weighted by atomic mass is 10.1. The molecule has 22 heavy (non-hydrogen) atoms. The third kappa shape index (κ3) is 4.28. The minimum absolute atomic E-state index is 0.197. The SMILES string of the molecule is C[C@H](Oc1cccc(C(=O)/C=C/c2cccnc2)c1)C(=O)O. The fourth-order valence-corrected chi connectivity index (χ4v) is 1.72. The number of aromatic nitrogens is 1. The van der Waals surface area contributed by atoms with Gasteiger partial charge in [0.25, 0.3) is 0 Å². The summed E-state index contributed by atoms with van der Waals surface area (Å²) in [6.45, 7) is 1.43. The van der Waals surface area contributed by atoms with E-state index in [2.05, 4.69) is 4.98 Å². The van der Waals surface area contributed by atoms with Crippen molar-refractivity contribution in [3.05, 3.63) is 66.0 Å². The molecule has 0 saturated heterocycles. The molecule has 1 atom stereocenters. The van der Waals surface area contributed by atoms with Gasteiger partial charge in [0.15, 0.2) is 11.9 Å². The molecule has 0 unspecified atom stereocenters. The molecule has 2 rings (SSSR count). The molecular formula is C17H15NO4. The van der Waals surface area contributed by atoms with Crippen molar-refractivity contribution >= 4 is 17.8 Å². The lowest BCUT2D eigenvalue weighted by molar-refractivity contribution is -0.144. The molecule has 0 saturated carbocycles. The molecule has 5 nitrogen and oxygen atoms in total. The maximum absolute atomic E-state index is 12.1. The summed E-state index contributed by atoms with van der Waals surface area (Å²) in [6.07, 6.45) is 5.44. The molecule has 0 fully saturated rings. The van der Waals surface area contributed by atoms with Gasteiger partial charge in [-0.3, -0.25) is 9.78 Å². The number of aliphatic carboxylic acids is 1. The summed E-state index contributed by atoms with van der Waals surface area (Å²) in [5, 5.41) is 8.82. The van der Waals surface area contributed by atoms with Gasteiger partial charge >= 0.3 is 5.97 Å². The minimum atomic E-state index is -1.06. The standard InChI is InChI=1S/C17H15NO4/c1-12(17(20)21)22-15-6-2-5-14(10-15)16(19)8-7-13-4-3-9-18-11-13/h2-12H,1H3,(H,20,21)/b8-7+/t12-/m0/s1. The van der Waals surface area contributed by atoms with Gasteiger partial charge in [0, 0.05) is 18.0 Å². The van der Waals surface area contributed by atoms with E-state index in [9.17, 15) is 9.59 Å². The number of nitrogens with zero attached hydrogens (tertiary/aromatic N) is 1. The predicted octanol–water partition coefficient (Wildman–Crippen LogP) is 2.83. The van der Waals surface area contributed by atoms with Crippen molar-refractivity contribution in [1.82, 2.24) is 4.98 Å². The van der Waals surface area contributed by atoms with Crippen LogP contribution in [-0.2, 0) is 4.79 Å². The van der Waals surface area contributed by atoms with E-state index >= 15 is 0 Å². The summed E-state index contributed by atoms with van der Waals surface area (Å²) in [4.78, 5) is 26.8. The molecule has 0 spiro atoms. The number of carbonyl (C=O) groups is 2. The van der Waals surface area contributed by atoms with Crippen molar-refractivity contribution in [3.8, 4) is 5.75 Å². The number of allylic oxidation sites excluding steroid dienone is 1. The number of carbonyl (C=O) groups excluding carboxylic acids is 1. The first-order chi connectivity index (χ1) is 10.6. The quantitative estimate of drug-likeness (QED) is 0.655. The van der Waals surface area contributed by atoms with Crippen LogP contribution in [0.2, 0.25) is 0 Å². The van der Waals surface area contributed by atoms with E-state index in [1.165, 1.54) is 19.1 Å². The van der Waals surface area contributed by atoms with Crippen molar-refractivity contribution in [2.24, 2.45) is 0 Å². The summed E-state index contributed by atoms with van der Waals surface area (Å²) in [7, 11) is 0. The molecule has 1 aromatic heterocycles. The van der Waals surface area contributed by atoms with Gasteiger partial charge in [0.05, 0.1) is 0 Å². The molecule has 1 aromatic carbocycles. The van der Waals surface area contributed by atoms with Gasteiger partial charge in [-0.15, -0.1) is 0 Å². The first-order valence-corrected chi connectivity index (χ1v) is 6.68. The number of pyridine rings is 1. The second-order valence-corrected chi connectivity index (χ2v) is 4.61. The highest BCUT2D eigenvalue weighted by Crippen LogP contribution is 2.16. The van der Waals surface area contributed by atoms with Crippen molar-refractivity contribution in [3.63, 3.8) is 0 Å². The van der Waals surface area contributed by atoms with Crippen LogP contribution in [-0.4, -0.2) is 27.9 Å². The Kier molecular flexibility index (Phi) is 5.03. The summed E-state index contributed by atoms with van der Waals surface area (Å²) >= 11 is 0. The van der Waals surface area contributed by atoms with E-state index in [1.54, 1.807) is 42.7 Å². The third-order valence-corrected chi connectivity index (χ3v) is 2.89. The highest BCUT2D eigenvalue weighted by Gasteiger charge is 2.13. The van der Waals surface area contributed by atoms with Crippen LogP contribution in [0.4, 0.5) is 0 Å². The molecule has 0 aliphatic rings. The number of carboxylic acids is 1. The molecule has 0 amide bonds. The molecular weight excluding hydrogens is 282 g/mol. The third-order valence-electron chi connectivity index (χ3n) is 2.89. The topological polar surface area (TPSA) is 76.5 Å². The van der Waals surface area contributed by atoms with Gasteiger partial charge in [-0.05, 0) is 42.8 Å². The van der Waals surface area contributed by atoms with Crippen LogP contribution in [0.1, 0.15) is 22.8 Å². The van der Waals surface area contributed by atoms with E-state index in [0.29, 0.717) is 11.3 Å². The Balaban J connectivity index is 2.10. The number of carboxylic acid groups (broad SMARTS) is 1. The van der Waals surface area contributed by atoms with Crippen LogP contribution >= 0.6 is 0 Å². The fraction of sp³-hybridized carbons (Fsp3) is 0.118.